The fraction of sp³-hybridized carbons (Fsp3) is 0.833. The molecule has 0 aromatic heterocycles. The largest absolute Gasteiger partial charge is 0.456 e. The Bertz CT molecular complexity index is 892. The average Bonchev–Trinajstić information content (AvgIpc) is 3.04. The average molecular weight is 521 g/mol. The minimum Gasteiger partial charge on any atom is -0.456 e. The summed E-state index contributed by atoms with van der Waals surface area (Å²) >= 11 is 0. The molecule has 1 aliphatic carbocycles. The summed E-state index contributed by atoms with van der Waals surface area (Å²) in [6.07, 6.45) is 7.44. The Morgan fingerprint density at radius 1 is 1.11 bits per heavy atom. The highest BCUT2D eigenvalue weighted by atomic mass is 28.4. The zero-order valence-corrected chi connectivity index (χ0v) is 25.9. The molecule has 0 amide bonds. The second kappa shape index (κ2) is 9.66. The normalized spacial score (nSPS) is 37.6. The van der Waals surface area contributed by atoms with E-state index < -0.39 is 31.2 Å². The van der Waals surface area contributed by atoms with Crippen molar-refractivity contribution in [3.63, 3.8) is 0 Å². The number of rotatable bonds is 4. The lowest BCUT2D eigenvalue weighted by Gasteiger charge is -2.46. The molecule has 2 bridgehead atoms. The number of esters is 1. The summed E-state index contributed by atoms with van der Waals surface area (Å²) in [5, 5.41) is 11.9. The van der Waals surface area contributed by atoms with Gasteiger partial charge in [-0.3, -0.25) is 4.79 Å². The Labute approximate surface area is 221 Å². The van der Waals surface area contributed by atoms with E-state index in [1.54, 1.807) is 6.08 Å². The predicted octanol–water partition coefficient (Wildman–Crippen LogP) is 7.02. The number of carbonyl (C=O) groups excluding carboxylic acids is 1. The molecule has 36 heavy (non-hydrogen) atoms. The highest BCUT2D eigenvalue weighted by Crippen LogP contribution is 2.51. The summed E-state index contributed by atoms with van der Waals surface area (Å²) in [5.74, 6) is -0.576. The van der Waals surface area contributed by atoms with Gasteiger partial charge in [-0.05, 0) is 108 Å². The summed E-state index contributed by atoms with van der Waals surface area (Å²) in [7, 11) is -2.14. The van der Waals surface area contributed by atoms with E-state index in [-0.39, 0.29) is 28.9 Å². The Morgan fingerprint density at radius 2 is 1.72 bits per heavy atom. The Balaban J connectivity index is 2.12. The zero-order valence-electron chi connectivity index (χ0n) is 24.9. The van der Waals surface area contributed by atoms with Crippen molar-refractivity contribution >= 4 is 14.3 Å². The van der Waals surface area contributed by atoms with Gasteiger partial charge < -0.3 is 19.0 Å². The molecule has 206 valence electrons. The Morgan fingerprint density at radius 3 is 2.25 bits per heavy atom. The van der Waals surface area contributed by atoms with Gasteiger partial charge in [0.05, 0.1) is 11.5 Å². The molecule has 0 saturated carbocycles. The van der Waals surface area contributed by atoms with E-state index in [2.05, 4.69) is 60.7 Å². The highest BCUT2D eigenvalue weighted by Gasteiger charge is 2.57. The van der Waals surface area contributed by atoms with Crippen LogP contribution in [0.15, 0.2) is 23.8 Å². The predicted molar refractivity (Wildman–Crippen MR) is 148 cm³/mol. The van der Waals surface area contributed by atoms with Crippen molar-refractivity contribution in [1.82, 2.24) is 0 Å². The molecule has 3 rings (SSSR count). The number of carbonyl (C=O) groups is 1. The maximum atomic E-state index is 13.1. The first kappa shape index (κ1) is 29.6. The van der Waals surface area contributed by atoms with Crippen molar-refractivity contribution in [3.05, 3.63) is 23.8 Å². The second-order valence-electron chi connectivity index (χ2n) is 14.7. The summed E-state index contributed by atoms with van der Waals surface area (Å²) < 4.78 is 19.7. The first-order valence-electron chi connectivity index (χ1n) is 13.9. The number of hydrogen-bond donors (Lipinski definition) is 1. The van der Waals surface area contributed by atoms with Crippen LogP contribution in [-0.4, -0.2) is 43.0 Å². The van der Waals surface area contributed by atoms with Gasteiger partial charge in [-0.2, -0.15) is 0 Å². The summed E-state index contributed by atoms with van der Waals surface area (Å²) in [5.41, 5.74) is -0.122. The van der Waals surface area contributed by atoms with Crippen LogP contribution in [0.3, 0.4) is 0 Å². The van der Waals surface area contributed by atoms with Gasteiger partial charge in [-0.15, -0.1) is 0 Å². The molecule has 0 aromatic carbocycles. The van der Waals surface area contributed by atoms with Crippen molar-refractivity contribution in [1.29, 1.82) is 0 Å². The summed E-state index contributed by atoms with van der Waals surface area (Å²) in [4.78, 5) is 13.1. The lowest BCUT2D eigenvalue weighted by Crippen LogP contribution is -2.54. The Hall–Kier alpha value is -0.953. The third kappa shape index (κ3) is 5.72. The van der Waals surface area contributed by atoms with E-state index in [9.17, 15) is 9.90 Å². The van der Waals surface area contributed by atoms with E-state index in [4.69, 9.17) is 13.9 Å². The van der Waals surface area contributed by atoms with Crippen LogP contribution in [0.25, 0.3) is 0 Å². The van der Waals surface area contributed by atoms with Gasteiger partial charge in [0.2, 0.25) is 5.79 Å². The minimum atomic E-state index is -2.14. The molecule has 1 N–H and O–H groups in total. The van der Waals surface area contributed by atoms with Crippen molar-refractivity contribution in [2.24, 2.45) is 29.1 Å². The summed E-state index contributed by atoms with van der Waals surface area (Å²) in [6.45, 7) is 25.7. The molecular weight excluding hydrogens is 468 g/mol. The molecular formula is C30H52O5Si. The topological polar surface area (TPSA) is 65.0 Å². The first-order valence-corrected chi connectivity index (χ1v) is 16.8. The van der Waals surface area contributed by atoms with Crippen LogP contribution < -0.4 is 0 Å². The fourth-order valence-corrected chi connectivity index (χ4v) is 7.21. The number of aliphatic hydroxyl groups is 1. The van der Waals surface area contributed by atoms with Gasteiger partial charge >= 0.3 is 5.97 Å². The molecule has 3 aliphatic rings. The lowest BCUT2D eigenvalue weighted by molar-refractivity contribution is -0.270. The maximum absolute atomic E-state index is 13.1. The third-order valence-electron chi connectivity index (χ3n) is 9.42. The van der Waals surface area contributed by atoms with E-state index in [1.165, 1.54) is 5.57 Å². The van der Waals surface area contributed by atoms with Gasteiger partial charge in [0, 0.05) is 0 Å². The highest BCUT2D eigenvalue weighted by molar-refractivity contribution is 6.74. The molecule has 0 aromatic rings. The molecule has 1 fully saturated rings. The number of ether oxygens (including phenoxy) is 2. The van der Waals surface area contributed by atoms with Crippen LogP contribution in [-0.2, 0) is 18.7 Å². The van der Waals surface area contributed by atoms with Gasteiger partial charge in [0.15, 0.2) is 14.4 Å². The van der Waals surface area contributed by atoms with Crippen molar-refractivity contribution in [2.45, 2.75) is 130 Å². The van der Waals surface area contributed by atoms with Gasteiger partial charge in [0.25, 0.3) is 0 Å². The number of allylic oxidation sites excluding steroid dienone is 2. The quantitative estimate of drug-likeness (QED) is 0.245. The van der Waals surface area contributed by atoms with E-state index in [0.717, 1.165) is 12.8 Å². The molecule has 2 heterocycles. The van der Waals surface area contributed by atoms with Crippen LogP contribution >= 0.6 is 0 Å². The molecule has 1 saturated heterocycles. The smallest absolute Gasteiger partial charge is 0.311 e. The minimum absolute atomic E-state index is 0.0442. The van der Waals surface area contributed by atoms with Crippen molar-refractivity contribution in [3.8, 4) is 0 Å². The van der Waals surface area contributed by atoms with E-state index in [0.29, 0.717) is 18.3 Å². The monoisotopic (exact) mass is 520 g/mol. The van der Waals surface area contributed by atoms with Crippen molar-refractivity contribution in [2.75, 3.05) is 0 Å². The first-order chi connectivity index (χ1) is 16.2. The standard InChI is InChI=1S/C30H52O5Si/c1-19(2)21-14-13-20(3)22-17-24(34-36(11,12)28(7,8)9)29(10)15-16-30(32,35-29)25(18-23(21)22)33-26(31)27(4,5)6/h13,15-16,19,21-25,32H,14,17-18H2,1-12H3/t21-,22+,23-,24+,25-,29+,30-/m1/s1. The van der Waals surface area contributed by atoms with E-state index >= 15 is 0 Å². The van der Waals surface area contributed by atoms with Crippen LogP contribution in [0, 0.1) is 29.1 Å². The van der Waals surface area contributed by atoms with Gasteiger partial charge in [0.1, 0.15) is 5.60 Å². The Kier molecular flexibility index (Phi) is 7.94. The lowest BCUT2D eigenvalue weighted by atomic mass is 9.64. The maximum Gasteiger partial charge on any atom is 0.311 e. The zero-order chi connectivity index (χ0) is 27.5. The number of fused-ring (bicyclic) bond motifs is 3. The molecule has 6 heteroatoms. The van der Waals surface area contributed by atoms with E-state index in [1.807, 2.05) is 33.8 Å². The van der Waals surface area contributed by atoms with Crippen LogP contribution in [0.2, 0.25) is 18.1 Å². The van der Waals surface area contributed by atoms with Gasteiger partial charge in [-0.1, -0.05) is 46.3 Å². The van der Waals surface area contributed by atoms with Crippen LogP contribution in [0.1, 0.15) is 88.5 Å². The fourth-order valence-electron chi connectivity index (χ4n) is 5.82. The third-order valence-corrected chi connectivity index (χ3v) is 13.9. The van der Waals surface area contributed by atoms with Crippen LogP contribution in [0.5, 0.6) is 0 Å². The second-order valence-corrected chi connectivity index (χ2v) is 19.5. The number of hydrogen-bond acceptors (Lipinski definition) is 5. The molecule has 0 radical (unpaired) electrons. The van der Waals surface area contributed by atoms with Crippen LogP contribution in [0.4, 0.5) is 0 Å². The molecule has 5 nitrogen and oxygen atoms in total. The molecule has 0 unspecified atom stereocenters. The van der Waals surface area contributed by atoms with Crippen molar-refractivity contribution < 1.29 is 23.8 Å². The molecule has 2 aliphatic heterocycles. The molecule has 0 spiro atoms. The summed E-state index contributed by atoms with van der Waals surface area (Å²) in [6, 6.07) is 0. The SMILES string of the molecule is CC1=CC[C@H](C(C)C)[C@H]2C[C@@H](OC(=O)C(C)(C)C)[C@@]3(O)C=C[C@](C)(O3)[C@@H](O[Si](C)(C)C(C)(C)C)C[C@@H]12. The molecule has 7 atom stereocenters. The van der Waals surface area contributed by atoms with Gasteiger partial charge in [-0.25, -0.2) is 0 Å².